The monoisotopic (exact) mass is 263 g/mol. The van der Waals surface area contributed by atoms with Gasteiger partial charge in [-0.1, -0.05) is 5.16 Å². The first-order chi connectivity index (χ1) is 9.24. The Morgan fingerprint density at radius 2 is 2.47 bits per heavy atom. The van der Waals surface area contributed by atoms with Crippen LogP contribution < -0.4 is 5.73 Å². The lowest BCUT2D eigenvalue weighted by Crippen LogP contribution is -2.24. The zero-order valence-corrected chi connectivity index (χ0v) is 10.8. The van der Waals surface area contributed by atoms with E-state index in [4.69, 9.17) is 15.0 Å². The maximum Gasteiger partial charge on any atom is 0.223 e. The summed E-state index contributed by atoms with van der Waals surface area (Å²) in [7, 11) is 0. The summed E-state index contributed by atoms with van der Waals surface area (Å²) in [6, 6.07) is -0.0713. The van der Waals surface area contributed by atoms with Crippen molar-refractivity contribution in [2.75, 3.05) is 13.2 Å². The maximum absolute atomic E-state index is 6.30. The second-order valence-electron chi connectivity index (χ2n) is 4.83. The molecule has 0 aromatic carbocycles. The van der Waals surface area contributed by atoms with Crippen molar-refractivity contribution in [3.63, 3.8) is 0 Å². The predicted octanol–water partition coefficient (Wildman–Crippen LogP) is 0.659. The number of aryl methyl sites for hydroxylation is 1. The fourth-order valence-electron chi connectivity index (χ4n) is 2.38. The normalized spacial score (nSPS) is 20.8. The van der Waals surface area contributed by atoms with E-state index in [1.54, 1.807) is 19.4 Å². The van der Waals surface area contributed by atoms with E-state index in [9.17, 15) is 0 Å². The molecule has 0 bridgehead atoms. The summed E-state index contributed by atoms with van der Waals surface area (Å²) < 4.78 is 12.3. The van der Waals surface area contributed by atoms with E-state index in [0.717, 1.165) is 18.7 Å². The van der Waals surface area contributed by atoms with Crippen molar-refractivity contribution in [2.24, 2.45) is 11.7 Å². The minimum absolute atomic E-state index is 0.0713. The van der Waals surface area contributed by atoms with Gasteiger partial charge in [0.2, 0.25) is 5.89 Å². The molecule has 0 aliphatic carbocycles. The van der Waals surface area contributed by atoms with Gasteiger partial charge < -0.3 is 19.6 Å². The zero-order chi connectivity index (χ0) is 13.2. The number of nitrogens with zero attached hydrogens (tertiary/aromatic N) is 4. The molecule has 1 fully saturated rings. The van der Waals surface area contributed by atoms with Crippen LogP contribution in [0.15, 0.2) is 17.0 Å². The van der Waals surface area contributed by atoms with Crippen LogP contribution in [0.4, 0.5) is 0 Å². The minimum Gasteiger partial charge on any atom is -0.381 e. The van der Waals surface area contributed by atoms with E-state index in [1.807, 2.05) is 4.57 Å². The lowest BCUT2D eigenvalue weighted by molar-refractivity contribution is 0.180. The van der Waals surface area contributed by atoms with Crippen LogP contribution in [0.2, 0.25) is 0 Å². The quantitative estimate of drug-likeness (QED) is 0.871. The van der Waals surface area contributed by atoms with Gasteiger partial charge in [0.25, 0.3) is 0 Å². The van der Waals surface area contributed by atoms with Crippen LogP contribution in [0.3, 0.4) is 0 Å². The van der Waals surface area contributed by atoms with Crippen molar-refractivity contribution in [1.29, 1.82) is 0 Å². The summed E-state index contributed by atoms with van der Waals surface area (Å²) in [5, 5.41) is 3.89. The molecule has 1 aliphatic heterocycles. The largest absolute Gasteiger partial charge is 0.381 e. The molecule has 7 nitrogen and oxygen atoms in total. The first kappa shape index (κ1) is 12.3. The molecule has 2 aromatic heterocycles. The van der Waals surface area contributed by atoms with Crippen LogP contribution in [-0.4, -0.2) is 32.9 Å². The van der Waals surface area contributed by atoms with E-state index in [2.05, 4.69) is 15.1 Å². The van der Waals surface area contributed by atoms with Crippen LogP contribution in [0.5, 0.6) is 0 Å². The standard InChI is InChI=1S/C12H17N5O2/c1-8-15-11(16-19-8)5-17-7-14-4-10(17)12(13)9-2-3-18-6-9/h4,7,9,12H,2-3,5-6,13H2,1H3. The van der Waals surface area contributed by atoms with Crippen LogP contribution >= 0.6 is 0 Å². The summed E-state index contributed by atoms with van der Waals surface area (Å²) in [4.78, 5) is 8.37. The maximum atomic E-state index is 6.30. The first-order valence-electron chi connectivity index (χ1n) is 6.36. The predicted molar refractivity (Wildman–Crippen MR) is 66.2 cm³/mol. The van der Waals surface area contributed by atoms with Crippen LogP contribution in [-0.2, 0) is 11.3 Å². The van der Waals surface area contributed by atoms with Gasteiger partial charge in [0.15, 0.2) is 5.82 Å². The van der Waals surface area contributed by atoms with Crippen molar-refractivity contribution in [2.45, 2.75) is 25.9 Å². The fourth-order valence-corrected chi connectivity index (χ4v) is 2.38. The van der Waals surface area contributed by atoms with E-state index in [0.29, 0.717) is 30.8 Å². The average Bonchev–Trinajstić information content (AvgIpc) is 3.10. The van der Waals surface area contributed by atoms with Crippen molar-refractivity contribution in [1.82, 2.24) is 19.7 Å². The molecule has 2 atom stereocenters. The Balaban J connectivity index is 1.77. The number of hydrogen-bond acceptors (Lipinski definition) is 6. The zero-order valence-electron chi connectivity index (χ0n) is 10.8. The molecule has 0 saturated carbocycles. The highest BCUT2D eigenvalue weighted by Gasteiger charge is 2.26. The fraction of sp³-hybridized carbons (Fsp3) is 0.583. The van der Waals surface area contributed by atoms with Gasteiger partial charge in [0, 0.05) is 25.6 Å². The number of aromatic nitrogens is 4. The molecule has 0 radical (unpaired) electrons. The van der Waals surface area contributed by atoms with E-state index >= 15 is 0 Å². The van der Waals surface area contributed by atoms with E-state index in [1.165, 1.54) is 0 Å². The third-order valence-corrected chi connectivity index (χ3v) is 3.44. The molecule has 1 saturated heterocycles. The van der Waals surface area contributed by atoms with Crippen molar-refractivity contribution < 1.29 is 9.26 Å². The molecule has 2 aromatic rings. The Bertz CT molecular complexity index is 544. The van der Waals surface area contributed by atoms with Crippen molar-refractivity contribution in [3.8, 4) is 0 Å². The summed E-state index contributed by atoms with van der Waals surface area (Å²) >= 11 is 0. The van der Waals surface area contributed by atoms with Gasteiger partial charge >= 0.3 is 0 Å². The highest BCUT2D eigenvalue weighted by atomic mass is 16.5. The molecule has 7 heteroatoms. The lowest BCUT2D eigenvalue weighted by Gasteiger charge is -2.18. The molecular weight excluding hydrogens is 246 g/mol. The third-order valence-electron chi connectivity index (χ3n) is 3.44. The number of imidazole rings is 1. The van der Waals surface area contributed by atoms with Crippen molar-refractivity contribution in [3.05, 3.63) is 29.9 Å². The summed E-state index contributed by atoms with van der Waals surface area (Å²) in [6.07, 6.45) is 4.54. The van der Waals surface area contributed by atoms with Gasteiger partial charge in [-0.15, -0.1) is 0 Å². The highest BCUT2D eigenvalue weighted by Crippen LogP contribution is 2.26. The van der Waals surface area contributed by atoms with Crippen LogP contribution in [0, 0.1) is 12.8 Å². The molecule has 2 N–H and O–H groups in total. The molecule has 0 spiro atoms. The van der Waals surface area contributed by atoms with Gasteiger partial charge in [0.1, 0.15) is 0 Å². The van der Waals surface area contributed by atoms with Gasteiger partial charge in [-0.2, -0.15) is 4.98 Å². The Morgan fingerprint density at radius 3 is 3.16 bits per heavy atom. The summed E-state index contributed by atoms with van der Waals surface area (Å²) in [5.41, 5.74) is 7.28. The SMILES string of the molecule is Cc1nc(Cn2cncc2C(N)C2CCOC2)no1. The lowest BCUT2D eigenvalue weighted by atomic mass is 9.97. The smallest absolute Gasteiger partial charge is 0.223 e. The van der Waals surface area contributed by atoms with Crippen LogP contribution in [0.1, 0.15) is 29.9 Å². The Labute approximate surface area is 110 Å². The van der Waals surface area contributed by atoms with E-state index in [-0.39, 0.29) is 6.04 Å². The first-order valence-corrected chi connectivity index (χ1v) is 6.36. The minimum atomic E-state index is -0.0713. The molecule has 1 aliphatic rings. The van der Waals surface area contributed by atoms with Crippen molar-refractivity contribution >= 4 is 0 Å². The van der Waals surface area contributed by atoms with Gasteiger partial charge in [-0.25, -0.2) is 4.98 Å². The average molecular weight is 263 g/mol. The topological polar surface area (TPSA) is 92.0 Å². The van der Waals surface area contributed by atoms with E-state index < -0.39 is 0 Å². The molecule has 3 rings (SSSR count). The van der Waals surface area contributed by atoms with Gasteiger partial charge in [-0.3, -0.25) is 0 Å². The Hall–Kier alpha value is -1.73. The molecule has 102 valence electrons. The van der Waals surface area contributed by atoms with Gasteiger partial charge in [-0.05, 0) is 6.42 Å². The highest BCUT2D eigenvalue weighted by molar-refractivity contribution is 5.08. The molecule has 19 heavy (non-hydrogen) atoms. The second kappa shape index (κ2) is 5.10. The summed E-state index contributed by atoms with van der Waals surface area (Å²) in [5.74, 6) is 1.54. The second-order valence-corrected chi connectivity index (χ2v) is 4.83. The Kier molecular flexibility index (Phi) is 3.31. The van der Waals surface area contributed by atoms with Gasteiger partial charge in [0.05, 0.1) is 31.2 Å². The molecule has 3 heterocycles. The number of hydrogen-bond donors (Lipinski definition) is 1. The molecule has 0 amide bonds. The van der Waals surface area contributed by atoms with Crippen LogP contribution in [0.25, 0.3) is 0 Å². The number of ether oxygens (including phenoxy) is 1. The third kappa shape index (κ3) is 2.52. The number of nitrogens with two attached hydrogens (primary N) is 1. The molecular formula is C12H17N5O2. The number of rotatable bonds is 4. The summed E-state index contributed by atoms with van der Waals surface area (Å²) in [6.45, 7) is 3.80. The molecule has 2 unspecified atom stereocenters. The Morgan fingerprint density at radius 1 is 1.58 bits per heavy atom.